The molecular formula is C11H12Br2N5O+. The zero-order valence-corrected chi connectivity index (χ0v) is 13.1. The maximum atomic E-state index is 12.6. The Kier molecular flexibility index (Phi) is 3.01. The average molecular weight is 390 g/mol. The summed E-state index contributed by atoms with van der Waals surface area (Å²) < 4.78 is 1.58. The molecule has 6 nitrogen and oxygen atoms in total. The van der Waals surface area contributed by atoms with E-state index in [9.17, 15) is 4.79 Å². The maximum absolute atomic E-state index is 12.6. The Hall–Kier alpha value is -1.15. The van der Waals surface area contributed by atoms with Crippen LogP contribution in [0.4, 0.5) is 0 Å². The predicted octanol–water partition coefficient (Wildman–Crippen LogP) is -0.0483. The molecule has 1 aromatic rings. The minimum absolute atomic E-state index is 0.0717. The van der Waals surface area contributed by atoms with Crippen molar-refractivity contribution in [1.82, 2.24) is 9.88 Å². The van der Waals surface area contributed by atoms with Crippen LogP contribution in [0.1, 0.15) is 23.3 Å². The van der Waals surface area contributed by atoms with Crippen molar-refractivity contribution in [1.29, 1.82) is 0 Å². The number of halogens is 2. The van der Waals surface area contributed by atoms with E-state index in [-0.39, 0.29) is 5.91 Å². The fraction of sp³-hybridized carbons (Fsp3) is 0.364. The van der Waals surface area contributed by atoms with Crippen molar-refractivity contribution in [2.75, 3.05) is 6.54 Å². The van der Waals surface area contributed by atoms with Crippen LogP contribution in [0.15, 0.2) is 20.1 Å². The first-order valence-corrected chi connectivity index (χ1v) is 7.42. The molecule has 0 radical (unpaired) electrons. The summed E-state index contributed by atoms with van der Waals surface area (Å²) in [4.78, 5) is 24.5. The van der Waals surface area contributed by atoms with Crippen LogP contribution in [-0.4, -0.2) is 40.2 Å². The number of nitrogens with two attached hydrogens (primary N) is 1. The van der Waals surface area contributed by atoms with Crippen LogP contribution >= 0.6 is 31.9 Å². The number of aromatic nitrogens is 1. The SMILES string of the molecule is NC1=[NH+][C@]2(C=N1)CCCN2C(=O)c1cc(Br)c(Br)[nH]1. The molecule has 100 valence electrons. The fourth-order valence-corrected chi connectivity index (χ4v) is 3.17. The number of H-pyrrole nitrogens is 1. The van der Waals surface area contributed by atoms with E-state index in [0.717, 1.165) is 21.9 Å². The van der Waals surface area contributed by atoms with Gasteiger partial charge in [0.15, 0.2) is 0 Å². The molecule has 2 aliphatic heterocycles. The first kappa shape index (κ1) is 12.9. The highest BCUT2D eigenvalue weighted by molar-refractivity contribution is 9.13. The number of nitrogens with one attached hydrogen (secondary N) is 2. The first-order valence-electron chi connectivity index (χ1n) is 5.84. The Bertz CT molecular complexity index is 589. The molecule has 1 aromatic heterocycles. The second kappa shape index (κ2) is 4.45. The van der Waals surface area contributed by atoms with Gasteiger partial charge in [0.05, 0.1) is 9.08 Å². The molecule has 2 aliphatic rings. The lowest BCUT2D eigenvalue weighted by Crippen LogP contribution is -2.91. The number of carbonyl (C=O) groups excluding carboxylic acids is 1. The average Bonchev–Trinajstić information content (AvgIpc) is 3.02. The number of carbonyl (C=O) groups is 1. The summed E-state index contributed by atoms with van der Waals surface area (Å²) in [6.07, 6.45) is 3.45. The number of nitrogens with zero attached hydrogens (tertiary/aromatic N) is 2. The van der Waals surface area contributed by atoms with Gasteiger partial charge in [0.2, 0.25) is 5.66 Å². The summed E-state index contributed by atoms with van der Waals surface area (Å²) in [7, 11) is 0. The summed E-state index contributed by atoms with van der Waals surface area (Å²) in [5.74, 6) is 0.283. The van der Waals surface area contributed by atoms with Crippen LogP contribution in [-0.2, 0) is 0 Å². The van der Waals surface area contributed by atoms with E-state index in [1.165, 1.54) is 0 Å². The highest BCUT2D eigenvalue weighted by Crippen LogP contribution is 2.28. The van der Waals surface area contributed by atoms with Gasteiger partial charge in [-0.2, -0.15) is 0 Å². The van der Waals surface area contributed by atoms with Crippen LogP contribution in [0.3, 0.4) is 0 Å². The summed E-state index contributed by atoms with van der Waals surface area (Å²) in [5, 5.41) is 0. The lowest BCUT2D eigenvalue weighted by atomic mass is 10.1. The van der Waals surface area contributed by atoms with Crippen molar-refractivity contribution in [2.45, 2.75) is 18.5 Å². The van der Waals surface area contributed by atoms with E-state index in [1.807, 2.05) is 0 Å². The molecule has 0 aromatic carbocycles. The van der Waals surface area contributed by atoms with Gasteiger partial charge in [-0.3, -0.25) is 15.4 Å². The third kappa shape index (κ3) is 2.02. The van der Waals surface area contributed by atoms with Gasteiger partial charge in [0, 0.05) is 13.0 Å². The number of hydrogen-bond donors (Lipinski definition) is 3. The Morgan fingerprint density at radius 1 is 1.58 bits per heavy atom. The molecule has 1 saturated heterocycles. The molecule has 0 aliphatic carbocycles. The summed E-state index contributed by atoms with van der Waals surface area (Å²) in [5.41, 5.74) is 5.63. The maximum Gasteiger partial charge on any atom is 0.384 e. The van der Waals surface area contributed by atoms with E-state index < -0.39 is 5.66 Å². The first-order chi connectivity index (χ1) is 9.02. The van der Waals surface area contributed by atoms with Gasteiger partial charge >= 0.3 is 5.96 Å². The van der Waals surface area contributed by atoms with Crippen molar-refractivity contribution in [2.24, 2.45) is 10.7 Å². The van der Waals surface area contributed by atoms with Crippen LogP contribution in [0.5, 0.6) is 0 Å². The Morgan fingerprint density at radius 2 is 2.37 bits per heavy atom. The molecule has 1 spiro atoms. The van der Waals surface area contributed by atoms with Gasteiger partial charge < -0.3 is 4.98 Å². The van der Waals surface area contributed by atoms with Gasteiger partial charge in [-0.15, -0.1) is 0 Å². The topological polar surface area (TPSA) is 88.4 Å². The molecular weight excluding hydrogens is 378 g/mol. The molecule has 19 heavy (non-hydrogen) atoms. The van der Waals surface area contributed by atoms with Crippen LogP contribution < -0.4 is 10.7 Å². The number of likely N-dealkylation sites (tertiary alicyclic amines) is 1. The van der Waals surface area contributed by atoms with Crippen molar-refractivity contribution in [3.8, 4) is 0 Å². The normalized spacial score (nSPS) is 25.4. The highest BCUT2D eigenvalue weighted by Gasteiger charge is 2.48. The number of aromatic amines is 1. The van der Waals surface area contributed by atoms with Crippen LogP contribution in [0.2, 0.25) is 0 Å². The quantitative estimate of drug-likeness (QED) is 0.628. The Balaban J connectivity index is 1.94. The number of amides is 1. The predicted molar refractivity (Wildman–Crippen MR) is 77.8 cm³/mol. The number of rotatable bonds is 1. The zero-order valence-electron chi connectivity index (χ0n) is 9.91. The van der Waals surface area contributed by atoms with Gasteiger partial charge in [-0.25, -0.2) is 4.99 Å². The van der Waals surface area contributed by atoms with E-state index >= 15 is 0 Å². The molecule has 0 bridgehead atoms. The van der Waals surface area contributed by atoms with Crippen LogP contribution in [0, 0.1) is 0 Å². The minimum Gasteiger partial charge on any atom is -0.344 e. The standard InChI is InChI=1S/C11H11Br2N5O/c12-6-4-7(16-8(6)13)9(19)18-3-1-2-11(18)5-15-10(14)17-11/h4-5,16H,1-3H2,(H2,14,17)/p+1/t11-/m1/s1. The third-order valence-corrected chi connectivity index (χ3v) is 5.17. The molecule has 3 rings (SSSR count). The highest BCUT2D eigenvalue weighted by atomic mass is 79.9. The molecule has 1 atom stereocenters. The van der Waals surface area contributed by atoms with Gasteiger partial charge in [-0.1, -0.05) is 4.99 Å². The van der Waals surface area contributed by atoms with Gasteiger partial charge in [-0.05, 0) is 44.3 Å². The molecule has 3 heterocycles. The number of hydrogen-bond acceptors (Lipinski definition) is 3. The molecule has 0 saturated carbocycles. The molecule has 4 N–H and O–H groups in total. The van der Waals surface area contributed by atoms with Gasteiger partial charge in [0.1, 0.15) is 11.9 Å². The number of aliphatic imine (C=N–C) groups is 1. The summed E-state index contributed by atoms with van der Waals surface area (Å²) in [6, 6.07) is 1.76. The van der Waals surface area contributed by atoms with Crippen molar-refractivity contribution >= 4 is 49.9 Å². The van der Waals surface area contributed by atoms with Crippen molar-refractivity contribution < 1.29 is 9.79 Å². The van der Waals surface area contributed by atoms with E-state index in [4.69, 9.17) is 5.73 Å². The second-order valence-electron chi connectivity index (χ2n) is 4.60. The van der Waals surface area contributed by atoms with E-state index in [0.29, 0.717) is 18.2 Å². The van der Waals surface area contributed by atoms with Crippen molar-refractivity contribution in [3.05, 3.63) is 20.8 Å². The monoisotopic (exact) mass is 388 g/mol. The summed E-state index contributed by atoms with van der Waals surface area (Å²) in [6.45, 7) is 0.680. The minimum atomic E-state index is -0.564. The lowest BCUT2D eigenvalue weighted by molar-refractivity contribution is -0.547. The molecule has 1 amide bonds. The molecule has 0 unspecified atom stereocenters. The Morgan fingerprint density at radius 3 is 2.95 bits per heavy atom. The smallest absolute Gasteiger partial charge is 0.344 e. The Labute approximate surface area is 126 Å². The van der Waals surface area contributed by atoms with Crippen molar-refractivity contribution in [3.63, 3.8) is 0 Å². The summed E-state index contributed by atoms with van der Waals surface area (Å²) >= 11 is 6.70. The third-order valence-electron chi connectivity index (χ3n) is 3.38. The van der Waals surface area contributed by atoms with E-state index in [1.54, 1.807) is 17.2 Å². The fourth-order valence-electron chi connectivity index (χ4n) is 2.52. The number of guanidine groups is 1. The second-order valence-corrected chi connectivity index (χ2v) is 6.25. The molecule has 1 fully saturated rings. The van der Waals surface area contributed by atoms with Crippen LogP contribution in [0.25, 0.3) is 0 Å². The molecule has 8 heteroatoms. The lowest BCUT2D eigenvalue weighted by Gasteiger charge is -2.27. The zero-order chi connectivity index (χ0) is 13.6. The largest absolute Gasteiger partial charge is 0.384 e. The van der Waals surface area contributed by atoms with Gasteiger partial charge in [0.25, 0.3) is 5.91 Å². The van der Waals surface area contributed by atoms with E-state index in [2.05, 4.69) is 46.8 Å².